The monoisotopic (exact) mass is 396 g/mol. The molecule has 0 heterocycles. The second-order valence-electron chi connectivity index (χ2n) is 7.87. The summed E-state index contributed by atoms with van der Waals surface area (Å²) in [7, 11) is -4.17. The van der Waals surface area contributed by atoms with Gasteiger partial charge in [-0.25, -0.2) is 0 Å². The Hall–Kier alpha value is -0.870. The summed E-state index contributed by atoms with van der Waals surface area (Å²) in [6.07, 6.45) is 14.3. The van der Waals surface area contributed by atoms with Crippen molar-refractivity contribution in [2.75, 3.05) is 0 Å². The molecule has 0 aliphatic rings. The van der Waals surface area contributed by atoms with Crippen molar-refractivity contribution in [1.29, 1.82) is 0 Å². The van der Waals surface area contributed by atoms with Crippen LogP contribution in [0.3, 0.4) is 0 Å². The number of rotatable bonds is 16. The van der Waals surface area contributed by atoms with E-state index < -0.39 is 14.9 Å². The third-order valence-electron chi connectivity index (χ3n) is 5.66. The van der Waals surface area contributed by atoms with Gasteiger partial charge in [-0.3, -0.25) is 4.55 Å². The molecule has 0 fully saturated rings. The van der Waals surface area contributed by atoms with E-state index >= 15 is 0 Å². The van der Waals surface area contributed by atoms with Crippen molar-refractivity contribution in [2.24, 2.45) is 0 Å². The molecule has 1 aromatic carbocycles. The van der Waals surface area contributed by atoms with Gasteiger partial charge in [0.1, 0.15) is 4.75 Å². The van der Waals surface area contributed by atoms with Crippen LogP contribution in [0.5, 0.6) is 0 Å². The van der Waals surface area contributed by atoms with Gasteiger partial charge in [0.05, 0.1) is 0 Å². The van der Waals surface area contributed by atoms with Gasteiger partial charge in [-0.1, -0.05) is 121 Å². The molecule has 0 saturated carbocycles. The van der Waals surface area contributed by atoms with Gasteiger partial charge < -0.3 is 0 Å². The Balaban J connectivity index is 2.81. The highest BCUT2D eigenvalue weighted by atomic mass is 32.2. The smallest absolute Gasteiger partial charge is 0.274 e. The van der Waals surface area contributed by atoms with E-state index in [9.17, 15) is 13.0 Å². The van der Waals surface area contributed by atoms with Crippen LogP contribution < -0.4 is 0 Å². The first-order chi connectivity index (χ1) is 13.0. The highest BCUT2D eigenvalue weighted by Crippen LogP contribution is 2.40. The number of hydrogen-bond acceptors (Lipinski definition) is 2. The highest BCUT2D eigenvalue weighted by Gasteiger charge is 2.43. The van der Waals surface area contributed by atoms with Crippen molar-refractivity contribution < 1.29 is 13.0 Å². The van der Waals surface area contributed by atoms with Crippen LogP contribution in [-0.2, 0) is 14.9 Å². The van der Waals surface area contributed by atoms with E-state index in [1.165, 1.54) is 38.5 Å². The van der Waals surface area contributed by atoms with Gasteiger partial charge in [-0.2, -0.15) is 8.42 Å². The normalized spacial score (nSPS) is 12.4. The summed E-state index contributed by atoms with van der Waals surface area (Å²) >= 11 is 0. The van der Waals surface area contributed by atoms with Crippen molar-refractivity contribution in [3.8, 4) is 0 Å². The van der Waals surface area contributed by atoms with Crippen LogP contribution in [0.25, 0.3) is 0 Å². The molecule has 1 aromatic rings. The molecule has 0 saturated heterocycles. The molecule has 0 spiro atoms. The summed E-state index contributed by atoms with van der Waals surface area (Å²) < 4.78 is 34.2. The van der Waals surface area contributed by atoms with Crippen molar-refractivity contribution >= 4 is 10.1 Å². The fourth-order valence-corrected chi connectivity index (χ4v) is 5.18. The first-order valence-electron chi connectivity index (χ1n) is 11.0. The molecule has 0 atom stereocenters. The van der Waals surface area contributed by atoms with Crippen LogP contribution in [0.1, 0.15) is 109 Å². The Bertz CT molecular complexity index is 565. The molecule has 0 aliphatic heterocycles. The predicted octanol–water partition coefficient (Wildman–Crippen LogP) is 7.27. The molecule has 156 valence electrons. The van der Waals surface area contributed by atoms with E-state index in [0.717, 1.165) is 44.1 Å². The van der Waals surface area contributed by atoms with Gasteiger partial charge >= 0.3 is 0 Å². The van der Waals surface area contributed by atoms with E-state index in [1.807, 2.05) is 30.3 Å². The zero-order valence-electron chi connectivity index (χ0n) is 17.5. The Morgan fingerprint density at radius 3 is 1.52 bits per heavy atom. The lowest BCUT2D eigenvalue weighted by Crippen LogP contribution is -2.35. The van der Waals surface area contributed by atoms with Gasteiger partial charge in [0.2, 0.25) is 0 Å². The third kappa shape index (κ3) is 8.35. The average Bonchev–Trinajstić information content (AvgIpc) is 2.65. The van der Waals surface area contributed by atoms with Crippen molar-refractivity contribution in [1.82, 2.24) is 0 Å². The van der Waals surface area contributed by atoms with Gasteiger partial charge in [-0.15, -0.1) is 0 Å². The van der Waals surface area contributed by atoms with Crippen LogP contribution in [-0.4, -0.2) is 13.0 Å². The van der Waals surface area contributed by atoms with Crippen molar-refractivity contribution in [3.63, 3.8) is 0 Å². The molecule has 0 bridgehead atoms. The van der Waals surface area contributed by atoms with Crippen LogP contribution in [0.2, 0.25) is 0 Å². The minimum atomic E-state index is -4.17. The Kier molecular flexibility index (Phi) is 11.9. The highest BCUT2D eigenvalue weighted by molar-refractivity contribution is 7.86. The maximum Gasteiger partial charge on any atom is 0.274 e. The summed E-state index contributed by atoms with van der Waals surface area (Å²) in [6, 6.07) is 9.37. The minimum Gasteiger partial charge on any atom is -0.285 e. The SMILES string of the molecule is CCCCCCCCC(CCCCCCCC)(c1ccccc1)S(=O)(=O)O. The fraction of sp³-hybridized carbons (Fsp3) is 0.739. The molecule has 1 rings (SSSR count). The van der Waals surface area contributed by atoms with Gasteiger partial charge in [0, 0.05) is 0 Å². The topological polar surface area (TPSA) is 54.4 Å². The molecule has 0 amide bonds. The predicted molar refractivity (Wildman–Crippen MR) is 116 cm³/mol. The van der Waals surface area contributed by atoms with Crippen LogP contribution in [0.15, 0.2) is 30.3 Å². The quantitative estimate of drug-likeness (QED) is 0.236. The number of benzene rings is 1. The molecule has 0 radical (unpaired) electrons. The maximum atomic E-state index is 12.5. The zero-order chi connectivity index (χ0) is 20.0. The third-order valence-corrected chi connectivity index (χ3v) is 7.29. The summed E-state index contributed by atoms with van der Waals surface area (Å²) in [5, 5.41) is 0. The molecule has 4 heteroatoms. The summed E-state index contributed by atoms with van der Waals surface area (Å²) in [5.74, 6) is 0. The van der Waals surface area contributed by atoms with E-state index in [4.69, 9.17) is 0 Å². The minimum absolute atomic E-state index is 0.511. The molecule has 0 aliphatic carbocycles. The fourth-order valence-electron chi connectivity index (χ4n) is 3.94. The average molecular weight is 397 g/mol. The second kappa shape index (κ2) is 13.3. The van der Waals surface area contributed by atoms with Crippen LogP contribution in [0, 0.1) is 0 Å². The van der Waals surface area contributed by atoms with Crippen molar-refractivity contribution in [3.05, 3.63) is 35.9 Å². The van der Waals surface area contributed by atoms with E-state index in [0.29, 0.717) is 12.8 Å². The van der Waals surface area contributed by atoms with E-state index in [-0.39, 0.29) is 0 Å². The molecular formula is C23H40O3S. The number of hydrogen-bond donors (Lipinski definition) is 1. The van der Waals surface area contributed by atoms with Gasteiger partial charge in [0.25, 0.3) is 10.1 Å². The van der Waals surface area contributed by atoms with E-state index in [1.54, 1.807) is 0 Å². The maximum absolute atomic E-state index is 12.5. The lowest BCUT2D eigenvalue weighted by atomic mass is 9.87. The molecule has 1 N–H and O–H groups in total. The lowest BCUT2D eigenvalue weighted by molar-refractivity contribution is 0.374. The second-order valence-corrected chi connectivity index (χ2v) is 9.60. The summed E-state index contributed by atoms with van der Waals surface area (Å²) in [6.45, 7) is 4.39. The Labute approximate surface area is 167 Å². The summed E-state index contributed by atoms with van der Waals surface area (Å²) in [4.78, 5) is 0. The first-order valence-corrected chi connectivity index (χ1v) is 12.4. The summed E-state index contributed by atoms with van der Waals surface area (Å²) in [5.41, 5.74) is 0.745. The van der Waals surface area contributed by atoms with Crippen LogP contribution in [0.4, 0.5) is 0 Å². The lowest BCUT2D eigenvalue weighted by Gasteiger charge is -2.31. The molecule has 3 nitrogen and oxygen atoms in total. The number of unbranched alkanes of at least 4 members (excludes halogenated alkanes) is 10. The van der Waals surface area contributed by atoms with Gasteiger partial charge in [0.15, 0.2) is 0 Å². The molecule has 27 heavy (non-hydrogen) atoms. The standard InChI is InChI=1S/C23H40O3S/c1-3-5-7-9-11-16-20-23(27(24,25)26,22-18-14-13-15-19-22)21-17-12-10-8-6-4-2/h13-15,18-19H,3-12,16-17,20-21H2,1-2H3,(H,24,25,26). The van der Waals surface area contributed by atoms with Crippen LogP contribution >= 0.6 is 0 Å². The molecule has 0 aromatic heterocycles. The van der Waals surface area contributed by atoms with Gasteiger partial charge in [-0.05, 0) is 18.4 Å². The Morgan fingerprint density at radius 1 is 0.704 bits per heavy atom. The molecule has 0 unspecified atom stereocenters. The first kappa shape index (κ1) is 24.2. The molecular weight excluding hydrogens is 356 g/mol. The van der Waals surface area contributed by atoms with E-state index in [2.05, 4.69) is 13.8 Å². The Morgan fingerprint density at radius 2 is 1.11 bits per heavy atom. The largest absolute Gasteiger partial charge is 0.285 e. The van der Waals surface area contributed by atoms with Crippen molar-refractivity contribution in [2.45, 2.75) is 108 Å². The zero-order valence-corrected chi connectivity index (χ0v) is 18.3.